The van der Waals surface area contributed by atoms with Crippen molar-refractivity contribution in [1.82, 2.24) is 4.98 Å². The lowest BCUT2D eigenvalue weighted by molar-refractivity contribution is 0.238. The summed E-state index contributed by atoms with van der Waals surface area (Å²) in [7, 11) is -4.44. The number of aliphatic hydroxyl groups excluding tert-OH is 1. The summed E-state index contributed by atoms with van der Waals surface area (Å²) in [6.45, 7) is 0. The van der Waals surface area contributed by atoms with E-state index in [1.54, 1.807) is 0 Å². The summed E-state index contributed by atoms with van der Waals surface area (Å²) in [5.74, 6) is 0. The molecular weight excluding hydrogens is 182 g/mol. The van der Waals surface area contributed by atoms with Gasteiger partial charge in [-0.15, -0.1) is 0 Å². The van der Waals surface area contributed by atoms with E-state index < -0.39 is 15.6 Å². The smallest absolute Gasteiger partial charge is 0.296 e. The number of nitrogens with zero attached hydrogens (tertiary/aromatic N) is 1. The second kappa shape index (κ2) is 3.18. The van der Waals surface area contributed by atoms with Crippen molar-refractivity contribution in [2.45, 2.75) is 5.44 Å². The van der Waals surface area contributed by atoms with Crippen molar-refractivity contribution in [3.8, 4) is 0 Å². The van der Waals surface area contributed by atoms with Crippen molar-refractivity contribution in [3.63, 3.8) is 0 Å². The zero-order valence-electron chi connectivity index (χ0n) is 5.95. The normalized spacial score (nSPS) is 14.2. The first-order valence-corrected chi connectivity index (χ1v) is 4.56. The standard InChI is InChI=1S/C6H7NO4S/c8-6(12(9,10)11)5-2-1-3-7-4-5/h1-4,6,8H,(H,9,10,11)/t6-/m0/s1. The lowest BCUT2D eigenvalue weighted by Crippen LogP contribution is -2.11. The minimum atomic E-state index is -4.44. The summed E-state index contributed by atoms with van der Waals surface area (Å²) >= 11 is 0. The van der Waals surface area contributed by atoms with Crippen molar-refractivity contribution < 1.29 is 18.1 Å². The van der Waals surface area contributed by atoms with Gasteiger partial charge in [-0.1, -0.05) is 6.07 Å². The third-order valence-corrected chi connectivity index (χ3v) is 2.09. The Bertz CT molecular complexity index is 347. The van der Waals surface area contributed by atoms with Crippen LogP contribution in [0.5, 0.6) is 0 Å². The van der Waals surface area contributed by atoms with Crippen LogP contribution in [0.1, 0.15) is 11.0 Å². The molecule has 2 N–H and O–H groups in total. The Hall–Kier alpha value is -0.980. The Morgan fingerprint density at radius 2 is 2.17 bits per heavy atom. The molecule has 0 aliphatic rings. The van der Waals surface area contributed by atoms with E-state index in [1.807, 2.05) is 0 Å². The number of pyridine rings is 1. The Morgan fingerprint density at radius 1 is 1.50 bits per heavy atom. The van der Waals surface area contributed by atoms with Crippen LogP contribution in [0.4, 0.5) is 0 Å². The third-order valence-electron chi connectivity index (χ3n) is 1.25. The molecule has 1 aromatic rings. The quantitative estimate of drug-likeness (QED) is 0.637. The second-order valence-corrected chi connectivity index (χ2v) is 3.63. The highest BCUT2D eigenvalue weighted by Gasteiger charge is 2.21. The highest BCUT2D eigenvalue weighted by Crippen LogP contribution is 2.15. The predicted molar refractivity (Wildman–Crippen MR) is 40.7 cm³/mol. The summed E-state index contributed by atoms with van der Waals surface area (Å²) in [5, 5.41) is 8.98. The SMILES string of the molecule is O=S(=O)(O)[C@H](O)c1cccnc1. The molecule has 1 heterocycles. The van der Waals surface area contributed by atoms with E-state index in [2.05, 4.69) is 4.98 Å². The van der Waals surface area contributed by atoms with Crippen molar-refractivity contribution in [1.29, 1.82) is 0 Å². The topological polar surface area (TPSA) is 87.5 Å². The molecule has 0 unspecified atom stereocenters. The minimum Gasteiger partial charge on any atom is -0.371 e. The minimum absolute atomic E-state index is 0.0417. The van der Waals surface area contributed by atoms with Crippen molar-refractivity contribution in [3.05, 3.63) is 30.1 Å². The predicted octanol–water partition coefficient (Wildman–Crippen LogP) is -0.0397. The average Bonchev–Trinajstić information content (AvgIpc) is 2.03. The molecule has 1 atom stereocenters. The lowest BCUT2D eigenvalue weighted by Gasteiger charge is -2.05. The molecule has 6 heteroatoms. The molecule has 12 heavy (non-hydrogen) atoms. The maximum Gasteiger partial charge on any atom is 0.296 e. The van der Waals surface area contributed by atoms with Crippen LogP contribution in [-0.2, 0) is 10.1 Å². The van der Waals surface area contributed by atoms with Gasteiger partial charge in [-0.3, -0.25) is 9.54 Å². The zero-order valence-corrected chi connectivity index (χ0v) is 6.77. The average molecular weight is 189 g/mol. The summed E-state index contributed by atoms with van der Waals surface area (Å²) in [6, 6.07) is 2.81. The van der Waals surface area contributed by atoms with E-state index in [0.29, 0.717) is 0 Å². The number of hydrogen-bond donors (Lipinski definition) is 2. The van der Waals surface area contributed by atoms with Crippen LogP contribution in [0, 0.1) is 0 Å². The van der Waals surface area contributed by atoms with Gasteiger partial charge in [0.05, 0.1) is 0 Å². The van der Waals surface area contributed by atoms with Gasteiger partial charge in [0.25, 0.3) is 10.1 Å². The van der Waals surface area contributed by atoms with E-state index in [4.69, 9.17) is 9.66 Å². The van der Waals surface area contributed by atoms with E-state index in [9.17, 15) is 8.42 Å². The molecule has 0 saturated carbocycles. The third kappa shape index (κ3) is 2.00. The number of rotatable bonds is 2. The Morgan fingerprint density at radius 3 is 2.58 bits per heavy atom. The molecule has 0 fully saturated rings. The Labute approximate surface area is 69.4 Å². The first-order chi connectivity index (χ1) is 5.52. The molecule has 1 aromatic heterocycles. The highest BCUT2D eigenvalue weighted by molar-refractivity contribution is 7.85. The van der Waals surface area contributed by atoms with E-state index >= 15 is 0 Å². The molecule has 0 amide bonds. The molecule has 0 radical (unpaired) electrons. The molecular formula is C6H7NO4S. The molecule has 0 bridgehead atoms. The lowest BCUT2D eigenvalue weighted by atomic mass is 10.3. The van der Waals surface area contributed by atoms with Crippen LogP contribution in [0.2, 0.25) is 0 Å². The Kier molecular flexibility index (Phi) is 2.41. The van der Waals surface area contributed by atoms with Gasteiger partial charge >= 0.3 is 0 Å². The fourth-order valence-electron chi connectivity index (χ4n) is 0.694. The van der Waals surface area contributed by atoms with Gasteiger partial charge in [0.15, 0.2) is 0 Å². The van der Waals surface area contributed by atoms with Crippen LogP contribution in [-0.4, -0.2) is 23.1 Å². The second-order valence-electron chi connectivity index (χ2n) is 2.15. The van der Waals surface area contributed by atoms with Gasteiger partial charge in [-0.2, -0.15) is 8.42 Å². The van der Waals surface area contributed by atoms with Crippen molar-refractivity contribution in [2.24, 2.45) is 0 Å². The Balaban J connectivity index is 3.02. The van der Waals surface area contributed by atoms with Gasteiger partial charge in [0.2, 0.25) is 5.44 Å². The van der Waals surface area contributed by atoms with Crippen LogP contribution < -0.4 is 0 Å². The van der Waals surface area contributed by atoms with Gasteiger partial charge in [0, 0.05) is 18.0 Å². The summed E-state index contributed by atoms with van der Waals surface area (Å²) in [5.41, 5.74) is -1.87. The molecule has 0 saturated heterocycles. The first-order valence-electron chi connectivity index (χ1n) is 3.06. The monoisotopic (exact) mass is 189 g/mol. The van der Waals surface area contributed by atoms with Crippen LogP contribution >= 0.6 is 0 Å². The van der Waals surface area contributed by atoms with Crippen molar-refractivity contribution >= 4 is 10.1 Å². The van der Waals surface area contributed by atoms with Gasteiger partial charge in [0.1, 0.15) is 0 Å². The molecule has 0 aromatic carbocycles. The fourth-order valence-corrected chi connectivity index (χ4v) is 1.18. The maximum absolute atomic E-state index is 10.4. The maximum atomic E-state index is 10.4. The summed E-state index contributed by atoms with van der Waals surface area (Å²) in [4.78, 5) is 3.58. The fraction of sp³-hybridized carbons (Fsp3) is 0.167. The summed E-state index contributed by atoms with van der Waals surface area (Å²) < 4.78 is 29.3. The largest absolute Gasteiger partial charge is 0.371 e. The molecule has 0 spiro atoms. The molecule has 0 aliphatic carbocycles. The number of aliphatic hydroxyl groups is 1. The van der Waals surface area contributed by atoms with Gasteiger partial charge in [-0.25, -0.2) is 0 Å². The molecule has 0 aliphatic heterocycles. The number of hydrogen-bond acceptors (Lipinski definition) is 4. The molecule has 1 rings (SSSR count). The first kappa shape index (κ1) is 9.11. The van der Waals surface area contributed by atoms with Crippen molar-refractivity contribution in [2.75, 3.05) is 0 Å². The number of aromatic nitrogens is 1. The van der Waals surface area contributed by atoms with Crippen LogP contribution in [0.25, 0.3) is 0 Å². The van der Waals surface area contributed by atoms with Crippen LogP contribution in [0.3, 0.4) is 0 Å². The van der Waals surface area contributed by atoms with E-state index in [-0.39, 0.29) is 5.56 Å². The van der Waals surface area contributed by atoms with Crippen LogP contribution in [0.15, 0.2) is 24.5 Å². The van der Waals surface area contributed by atoms with E-state index in [1.165, 1.54) is 24.5 Å². The molecule has 66 valence electrons. The molecule has 5 nitrogen and oxygen atoms in total. The van der Waals surface area contributed by atoms with E-state index in [0.717, 1.165) is 0 Å². The zero-order chi connectivity index (χ0) is 9.19. The van der Waals surface area contributed by atoms with Gasteiger partial charge < -0.3 is 5.11 Å². The summed E-state index contributed by atoms with van der Waals surface area (Å²) in [6.07, 6.45) is 2.60. The van der Waals surface area contributed by atoms with Gasteiger partial charge in [-0.05, 0) is 6.07 Å². The highest BCUT2D eigenvalue weighted by atomic mass is 32.2.